The van der Waals surface area contributed by atoms with E-state index in [-0.39, 0.29) is 12.1 Å². The van der Waals surface area contributed by atoms with Crippen LogP contribution in [0.15, 0.2) is 47.8 Å². The zero-order valence-corrected chi connectivity index (χ0v) is 18.2. The van der Waals surface area contributed by atoms with Crippen LogP contribution in [0.25, 0.3) is 0 Å². The van der Waals surface area contributed by atoms with E-state index in [1.807, 2.05) is 17.4 Å². The van der Waals surface area contributed by atoms with Crippen LogP contribution in [0.4, 0.5) is 4.79 Å². The van der Waals surface area contributed by atoms with Gasteiger partial charge in [-0.2, -0.15) is 0 Å². The molecule has 0 bridgehead atoms. The molecule has 156 valence electrons. The number of rotatable bonds is 8. The molecule has 4 rings (SSSR count). The SMILES string of the molecule is CC(c1ccccc1)N(CC1CC1)C(=O)NCC1CCN(Cc2cccs2)CC1. The topological polar surface area (TPSA) is 35.6 Å². The summed E-state index contributed by atoms with van der Waals surface area (Å²) in [7, 11) is 0. The molecule has 2 fully saturated rings. The van der Waals surface area contributed by atoms with Gasteiger partial charge >= 0.3 is 6.03 Å². The molecular formula is C24H33N3OS. The smallest absolute Gasteiger partial charge is 0.317 e. The lowest BCUT2D eigenvalue weighted by molar-refractivity contribution is 0.160. The highest BCUT2D eigenvalue weighted by molar-refractivity contribution is 7.09. The van der Waals surface area contributed by atoms with Gasteiger partial charge in [-0.25, -0.2) is 4.79 Å². The molecule has 2 heterocycles. The van der Waals surface area contributed by atoms with Gasteiger partial charge < -0.3 is 10.2 Å². The Bertz CT molecular complexity index is 752. The predicted molar refractivity (Wildman–Crippen MR) is 120 cm³/mol. The monoisotopic (exact) mass is 411 g/mol. The summed E-state index contributed by atoms with van der Waals surface area (Å²) >= 11 is 1.84. The summed E-state index contributed by atoms with van der Waals surface area (Å²) in [6.45, 7) is 7.16. The zero-order valence-electron chi connectivity index (χ0n) is 17.4. The third-order valence-corrected chi connectivity index (χ3v) is 7.23. The van der Waals surface area contributed by atoms with E-state index >= 15 is 0 Å². The number of amides is 2. The Morgan fingerprint density at radius 2 is 1.86 bits per heavy atom. The third-order valence-electron chi connectivity index (χ3n) is 6.37. The first-order chi connectivity index (χ1) is 14.2. The van der Waals surface area contributed by atoms with Crippen molar-refractivity contribution in [3.05, 3.63) is 58.3 Å². The number of nitrogens with zero attached hydrogens (tertiary/aromatic N) is 2. The van der Waals surface area contributed by atoms with E-state index in [0.717, 1.165) is 32.7 Å². The summed E-state index contributed by atoms with van der Waals surface area (Å²) in [6, 6.07) is 15.0. The third kappa shape index (κ3) is 5.83. The maximum absolute atomic E-state index is 13.0. The summed E-state index contributed by atoms with van der Waals surface area (Å²) in [5.41, 5.74) is 1.21. The van der Waals surface area contributed by atoms with Crippen molar-refractivity contribution in [1.82, 2.24) is 15.1 Å². The molecule has 5 heteroatoms. The van der Waals surface area contributed by atoms with Crippen LogP contribution in [0.1, 0.15) is 49.1 Å². The number of piperidine rings is 1. The maximum Gasteiger partial charge on any atom is 0.317 e. The van der Waals surface area contributed by atoms with E-state index in [1.165, 1.54) is 36.1 Å². The number of carbonyl (C=O) groups is 1. The highest BCUT2D eigenvalue weighted by atomic mass is 32.1. The summed E-state index contributed by atoms with van der Waals surface area (Å²) in [4.78, 5) is 19.1. The average molecular weight is 412 g/mol. The Labute approximate surface area is 178 Å². The van der Waals surface area contributed by atoms with Crippen molar-refractivity contribution in [2.75, 3.05) is 26.2 Å². The fraction of sp³-hybridized carbons (Fsp3) is 0.542. The maximum atomic E-state index is 13.0. The summed E-state index contributed by atoms with van der Waals surface area (Å²) in [6.07, 6.45) is 4.85. The molecule has 0 radical (unpaired) electrons. The van der Waals surface area contributed by atoms with Gasteiger partial charge in [0.05, 0.1) is 6.04 Å². The number of hydrogen-bond acceptors (Lipinski definition) is 3. The Morgan fingerprint density at radius 3 is 2.52 bits per heavy atom. The highest BCUT2D eigenvalue weighted by Crippen LogP contribution is 2.33. The summed E-state index contributed by atoms with van der Waals surface area (Å²) < 4.78 is 0. The fourth-order valence-corrected chi connectivity index (χ4v) is 4.96. The molecule has 29 heavy (non-hydrogen) atoms. The van der Waals surface area contributed by atoms with Gasteiger partial charge in [-0.3, -0.25) is 4.90 Å². The van der Waals surface area contributed by atoms with E-state index in [1.54, 1.807) is 0 Å². The minimum Gasteiger partial charge on any atom is -0.338 e. The minimum absolute atomic E-state index is 0.106. The number of hydrogen-bond donors (Lipinski definition) is 1. The average Bonchev–Trinajstić information content (AvgIpc) is 3.44. The zero-order chi connectivity index (χ0) is 20.1. The van der Waals surface area contributed by atoms with Crippen LogP contribution < -0.4 is 5.32 Å². The van der Waals surface area contributed by atoms with Gasteiger partial charge in [0.25, 0.3) is 0 Å². The first-order valence-electron chi connectivity index (χ1n) is 11.0. The second-order valence-corrected chi connectivity index (χ2v) is 9.70. The molecule has 1 saturated carbocycles. The minimum atomic E-state index is 0.106. The van der Waals surface area contributed by atoms with Gasteiger partial charge in [0.15, 0.2) is 0 Å². The Morgan fingerprint density at radius 1 is 1.10 bits per heavy atom. The molecule has 1 N–H and O–H groups in total. The van der Waals surface area contributed by atoms with Gasteiger partial charge in [-0.1, -0.05) is 36.4 Å². The first-order valence-corrected chi connectivity index (χ1v) is 11.9. The molecule has 0 spiro atoms. The second-order valence-electron chi connectivity index (χ2n) is 8.67. The van der Waals surface area contributed by atoms with Crippen molar-refractivity contribution < 1.29 is 4.79 Å². The lowest BCUT2D eigenvalue weighted by Crippen LogP contribution is -2.45. The molecule has 1 saturated heterocycles. The Balaban J connectivity index is 1.26. The van der Waals surface area contributed by atoms with Crippen LogP contribution in [-0.2, 0) is 6.54 Å². The van der Waals surface area contributed by atoms with Crippen LogP contribution in [0, 0.1) is 11.8 Å². The van der Waals surface area contributed by atoms with Gasteiger partial charge in [-0.15, -0.1) is 11.3 Å². The molecule has 2 aliphatic rings. The number of carbonyl (C=O) groups excluding carboxylic acids is 1. The Hall–Kier alpha value is -1.85. The summed E-state index contributed by atoms with van der Waals surface area (Å²) in [5.74, 6) is 1.28. The standard InChI is InChI=1S/C24H33N3OS/c1-19(22-6-3-2-4-7-22)27(17-21-9-10-21)24(28)25-16-20-11-13-26(14-12-20)18-23-8-5-15-29-23/h2-8,15,19-21H,9-14,16-18H2,1H3,(H,25,28). The second kappa shape index (κ2) is 9.77. The van der Waals surface area contributed by atoms with Crippen molar-refractivity contribution in [2.45, 2.75) is 45.2 Å². The molecule has 2 amide bonds. The van der Waals surface area contributed by atoms with E-state index in [0.29, 0.717) is 11.8 Å². The van der Waals surface area contributed by atoms with Crippen molar-refractivity contribution in [3.63, 3.8) is 0 Å². The van der Waals surface area contributed by atoms with Crippen LogP contribution >= 0.6 is 11.3 Å². The van der Waals surface area contributed by atoms with E-state index in [9.17, 15) is 4.79 Å². The quantitative estimate of drug-likeness (QED) is 0.653. The van der Waals surface area contributed by atoms with E-state index in [4.69, 9.17) is 0 Å². The molecule has 1 aromatic carbocycles. The number of likely N-dealkylation sites (tertiary alicyclic amines) is 1. The first kappa shape index (κ1) is 20.4. The van der Waals surface area contributed by atoms with E-state index < -0.39 is 0 Å². The predicted octanol–water partition coefficient (Wildman–Crippen LogP) is 5.14. The van der Waals surface area contributed by atoms with Crippen molar-refractivity contribution in [1.29, 1.82) is 0 Å². The molecule has 1 atom stereocenters. The van der Waals surface area contributed by atoms with Gasteiger partial charge in [-0.05, 0) is 74.5 Å². The number of thiophene rings is 1. The van der Waals surface area contributed by atoms with Crippen LogP contribution in [0.2, 0.25) is 0 Å². The van der Waals surface area contributed by atoms with Gasteiger partial charge in [0.1, 0.15) is 0 Å². The van der Waals surface area contributed by atoms with Crippen LogP contribution in [-0.4, -0.2) is 42.0 Å². The molecule has 1 aromatic heterocycles. The highest BCUT2D eigenvalue weighted by Gasteiger charge is 2.30. The van der Waals surface area contributed by atoms with Gasteiger partial charge in [0, 0.05) is 24.5 Å². The lowest BCUT2D eigenvalue weighted by atomic mass is 9.97. The molecule has 1 unspecified atom stereocenters. The van der Waals surface area contributed by atoms with Crippen LogP contribution in [0.5, 0.6) is 0 Å². The largest absolute Gasteiger partial charge is 0.338 e. The normalized spacial score (nSPS) is 19.1. The molecule has 4 nitrogen and oxygen atoms in total. The van der Waals surface area contributed by atoms with Crippen molar-refractivity contribution >= 4 is 17.4 Å². The molecule has 2 aromatic rings. The van der Waals surface area contributed by atoms with Crippen molar-refractivity contribution in [2.24, 2.45) is 11.8 Å². The molecular weight excluding hydrogens is 378 g/mol. The number of urea groups is 1. The Kier molecular flexibility index (Phi) is 6.88. The van der Waals surface area contributed by atoms with Gasteiger partial charge in [0.2, 0.25) is 0 Å². The number of benzene rings is 1. The summed E-state index contributed by atoms with van der Waals surface area (Å²) in [5, 5.41) is 5.42. The fourth-order valence-electron chi connectivity index (χ4n) is 4.21. The lowest BCUT2D eigenvalue weighted by Gasteiger charge is -2.33. The van der Waals surface area contributed by atoms with Crippen LogP contribution in [0.3, 0.4) is 0 Å². The van der Waals surface area contributed by atoms with E-state index in [2.05, 4.69) is 63.8 Å². The number of nitrogens with one attached hydrogen (secondary N) is 1. The van der Waals surface area contributed by atoms with Crippen molar-refractivity contribution in [3.8, 4) is 0 Å². The molecule has 1 aliphatic heterocycles. The molecule has 1 aliphatic carbocycles.